The van der Waals surface area contributed by atoms with Gasteiger partial charge in [-0.1, -0.05) is 83.5 Å². The molecule has 3 aromatic rings. The molecular formula is C28H32BrN3O4S. The second-order valence-corrected chi connectivity index (χ2v) is 11.5. The number of nitrogens with zero attached hydrogens (tertiary/aromatic N) is 2. The first-order chi connectivity index (χ1) is 17.6. The van der Waals surface area contributed by atoms with Crippen molar-refractivity contribution in [3.8, 4) is 0 Å². The lowest BCUT2D eigenvalue weighted by Gasteiger charge is -2.33. The Kier molecular flexibility index (Phi) is 9.88. The predicted octanol–water partition coefficient (Wildman–Crippen LogP) is 4.16. The van der Waals surface area contributed by atoms with Crippen LogP contribution in [-0.2, 0) is 39.0 Å². The SMILES string of the molecule is CCc1ccccc1N(CC(=O)N(Cc1cccc(Br)c1)[C@H](Cc1ccccc1)C(=O)NC)S(C)(=O)=O. The molecule has 0 bridgehead atoms. The van der Waals surface area contributed by atoms with E-state index in [9.17, 15) is 18.0 Å². The molecule has 1 N–H and O–H groups in total. The van der Waals surface area contributed by atoms with Gasteiger partial charge in [-0.3, -0.25) is 13.9 Å². The molecule has 9 heteroatoms. The number of amides is 2. The van der Waals surface area contributed by atoms with E-state index in [2.05, 4.69) is 21.2 Å². The van der Waals surface area contributed by atoms with Gasteiger partial charge in [0.05, 0.1) is 11.9 Å². The van der Waals surface area contributed by atoms with Crippen LogP contribution in [-0.4, -0.2) is 51.0 Å². The highest BCUT2D eigenvalue weighted by molar-refractivity contribution is 9.10. The van der Waals surface area contributed by atoms with Crippen LogP contribution in [0.3, 0.4) is 0 Å². The third kappa shape index (κ3) is 7.66. The van der Waals surface area contributed by atoms with E-state index in [1.165, 1.54) is 11.9 Å². The van der Waals surface area contributed by atoms with Gasteiger partial charge in [-0.2, -0.15) is 0 Å². The van der Waals surface area contributed by atoms with Crippen LogP contribution in [0.2, 0.25) is 0 Å². The van der Waals surface area contributed by atoms with Crippen LogP contribution >= 0.6 is 15.9 Å². The molecule has 0 aliphatic heterocycles. The number of carbonyl (C=O) groups excluding carboxylic acids is 2. The van der Waals surface area contributed by atoms with Crippen molar-refractivity contribution < 1.29 is 18.0 Å². The number of hydrogen-bond donors (Lipinski definition) is 1. The second-order valence-electron chi connectivity index (χ2n) is 8.72. The Morgan fingerprint density at radius 3 is 2.22 bits per heavy atom. The Hall–Kier alpha value is -3.17. The van der Waals surface area contributed by atoms with Gasteiger partial charge in [-0.25, -0.2) is 8.42 Å². The summed E-state index contributed by atoms with van der Waals surface area (Å²) >= 11 is 3.47. The minimum atomic E-state index is -3.79. The van der Waals surface area contributed by atoms with Crippen molar-refractivity contribution in [3.63, 3.8) is 0 Å². The van der Waals surface area contributed by atoms with Crippen molar-refractivity contribution in [2.24, 2.45) is 0 Å². The van der Waals surface area contributed by atoms with Crippen molar-refractivity contribution in [1.82, 2.24) is 10.2 Å². The van der Waals surface area contributed by atoms with Gasteiger partial charge in [0, 0.05) is 24.5 Å². The maximum Gasteiger partial charge on any atom is 0.244 e. The van der Waals surface area contributed by atoms with Crippen molar-refractivity contribution >= 4 is 43.5 Å². The first-order valence-corrected chi connectivity index (χ1v) is 14.6. The Labute approximate surface area is 227 Å². The van der Waals surface area contributed by atoms with Crippen LogP contribution in [0, 0.1) is 0 Å². The Bertz CT molecular complexity index is 1330. The molecular weight excluding hydrogens is 554 g/mol. The number of anilines is 1. The van der Waals surface area contributed by atoms with Crippen molar-refractivity contribution in [3.05, 3.63) is 100 Å². The summed E-state index contributed by atoms with van der Waals surface area (Å²) in [6.07, 6.45) is 1.98. The quantitative estimate of drug-likeness (QED) is 0.366. The summed E-state index contributed by atoms with van der Waals surface area (Å²) < 4.78 is 27.7. The molecule has 0 aliphatic carbocycles. The van der Waals surface area contributed by atoms with Crippen LogP contribution in [0.5, 0.6) is 0 Å². The van der Waals surface area contributed by atoms with Gasteiger partial charge < -0.3 is 10.2 Å². The lowest BCUT2D eigenvalue weighted by Crippen LogP contribution is -2.53. The molecule has 3 aromatic carbocycles. The van der Waals surface area contributed by atoms with E-state index in [1.807, 2.05) is 73.7 Å². The van der Waals surface area contributed by atoms with Gasteiger partial charge in [-0.15, -0.1) is 0 Å². The van der Waals surface area contributed by atoms with E-state index in [0.717, 1.165) is 31.7 Å². The molecule has 37 heavy (non-hydrogen) atoms. The fourth-order valence-corrected chi connectivity index (χ4v) is 5.53. The molecule has 3 rings (SSSR count). The van der Waals surface area contributed by atoms with E-state index >= 15 is 0 Å². The van der Waals surface area contributed by atoms with Crippen LogP contribution in [0.25, 0.3) is 0 Å². The zero-order valence-electron chi connectivity index (χ0n) is 21.2. The summed E-state index contributed by atoms with van der Waals surface area (Å²) in [4.78, 5) is 28.5. The standard InChI is InChI=1S/C28H32BrN3O4S/c1-4-23-14-8-9-16-25(23)32(37(3,35)36)20-27(33)31(19-22-13-10-15-24(29)17-22)26(28(34)30-2)18-21-11-6-5-7-12-21/h5-17,26H,4,18-20H2,1-3H3,(H,30,34)/t26-/m1/s1. The summed E-state index contributed by atoms with van der Waals surface area (Å²) in [7, 11) is -2.26. The summed E-state index contributed by atoms with van der Waals surface area (Å²) in [6.45, 7) is 1.64. The smallest absolute Gasteiger partial charge is 0.244 e. The van der Waals surface area contributed by atoms with E-state index in [1.54, 1.807) is 12.1 Å². The van der Waals surface area contributed by atoms with Gasteiger partial charge >= 0.3 is 0 Å². The average molecular weight is 587 g/mol. The normalized spacial score (nSPS) is 12.0. The predicted molar refractivity (Wildman–Crippen MR) is 151 cm³/mol. The van der Waals surface area contributed by atoms with E-state index in [-0.39, 0.29) is 18.9 Å². The summed E-state index contributed by atoms with van der Waals surface area (Å²) in [5, 5.41) is 2.68. The van der Waals surface area contributed by atoms with Crippen molar-refractivity contribution in [1.29, 1.82) is 0 Å². The van der Waals surface area contributed by atoms with Crippen LogP contribution in [0.4, 0.5) is 5.69 Å². The molecule has 196 valence electrons. The zero-order chi connectivity index (χ0) is 27.0. The lowest BCUT2D eigenvalue weighted by atomic mass is 10.0. The molecule has 1 atom stereocenters. The third-order valence-corrected chi connectivity index (χ3v) is 7.70. The highest BCUT2D eigenvalue weighted by atomic mass is 79.9. The van der Waals surface area contributed by atoms with E-state index in [0.29, 0.717) is 12.1 Å². The number of rotatable bonds is 11. The van der Waals surface area contributed by atoms with Gasteiger partial charge in [0.2, 0.25) is 21.8 Å². The third-order valence-electron chi connectivity index (χ3n) is 6.08. The summed E-state index contributed by atoms with van der Waals surface area (Å²) in [6, 6.07) is 23.2. The lowest BCUT2D eigenvalue weighted by molar-refractivity contribution is -0.139. The van der Waals surface area contributed by atoms with Gasteiger partial charge in [0.15, 0.2) is 0 Å². The average Bonchev–Trinajstić information content (AvgIpc) is 2.88. The highest BCUT2D eigenvalue weighted by Crippen LogP contribution is 2.25. The topological polar surface area (TPSA) is 86.8 Å². The molecule has 0 unspecified atom stereocenters. The number of sulfonamides is 1. The number of nitrogens with one attached hydrogen (secondary N) is 1. The zero-order valence-corrected chi connectivity index (χ0v) is 23.6. The van der Waals surface area contributed by atoms with Crippen LogP contribution in [0.1, 0.15) is 23.6 Å². The monoisotopic (exact) mass is 585 g/mol. The molecule has 2 amide bonds. The summed E-state index contributed by atoms with van der Waals surface area (Å²) in [5.74, 6) is -0.798. The number of para-hydroxylation sites is 1. The number of halogens is 1. The van der Waals surface area contributed by atoms with Gasteiger partial charge in [-0.05, 0) is 41.3 Å². The first kappa shape index (κ1) is 28.4. The fourth-order valence-electron chi connectivity index (χ4n) is 4.20. The Morgan fingerprint density at radius 2 is 1.59 bits per heavy atom. The number of likely N-dealkylation sites (N-methyl/N-ethyl adjacent to an activating group) is 1. The minimum Gasteiger partial charge on any atom is -0.357 e. The van der Waals surface area contributed by atoms with E-state index in [4.69, 9.17) is 0 Å². The molecule has 0 aromatic heterocycles. The maximum atomic E-state index is 13.9. The molecule has 0 aliphatic rings. The van der Waals surface area contributed by atoms with Crippen molar-refractivity contribution in [2.45, 2.75) is 32.4 Å². The van der Waals surface area contributed by atoms with Crippen LogP contribution < -0.4 is 9.62 Å². The molecule has 0 heterocycles. The minimum absolute atomic E-state index is 0.135. The largest absolute Gasteiger partial charge is 0.357 e. The number of aryl methyl sites for hydroxylation is 1. The molecule has 0 saturated heterocycles. The van der Waals surface area contributed by atoms with Gasteiger partial charge in [0.1, 0.15) is 12.6 Å². The maximum absolute atomic E-state index is 13.9. The fraction of sp³-hybridized carbons (Fsp3) is 0.286. The Balaban J connectivity index is 2.05. The molecule has 0 spiro atoms. The van der Waals surface area contributed by atoms with Crippen molar-refractivity contribution in [2.75, 3.05) is 24.2 Å². The molecule has 0 fully saturated rings. The van der Waals surface area contributed by atoms with E-state index < -0.39 is 28.5 Å². The van der Waals surface area contributed by atoms with Crippen LogP contribution in [0.15, 0.2) is 83.3 Å². The number of hydrogen-bond acceptors (Lipinski definition) is 4. The number of benzene rings is 3. The molecule has 7 nitrogen and oxygen atoms in total. The first-order valence-electron chi connectivity index (χ1n) is 12.0. The second kappa shape index (κ2) is 12.9. The Morgan fingerprint density at radius 1 is 0.946 bits per heavy atom. The van der Waals surface area contributed by atoms with Gasteiger partial charge in [0.25, 0.3) is 0 Å². The molecule has 0 saturated carbocycles. The molecule has 0 radical (unpaired) electrons. The number of carbonyl (C=O) groups is 2. The summed E-state index contributed by atoms with van der Waals surface area (Å²) in [5.41, 5.74) is 2.97. The highest BCUT2D eigenvalue weighted by Gasteiger charge is 2.33.